The fraction of sp³-hybridized carbons (Fsp3) is 0.385. The number of anilines is 1. The Balaban J connectivity index is 2.01. The van der Waals surface area contributed by atoms with Crippen LogP contribution in [0.4, 0.5) is 5.69 Å². The van der Waals surface area contributed by atoms with Crippen molar-refractivity contribution in [1.29, 1.82) is 0 Å². The molecule has 1 aliphatic rings. The summed E-state index contributed by atoms with van der Waals surface area (Å²) in [6.45, 7) is 18.0. The molecule has 1 N–H and O–H groups in total. The molecule has 2 atom stereocenters. The molecule has 0 aliphatic heterocycles. The second kappa shape index (κ2) is 7.38. The summed E-state index contributed by atoms with van der Waals surface area (Å²) in [7, 11) is 0. The molecule has 0 aromatic heterocycles. The molecule has 2 aromatic rings. The van der Waals surface area contributed by atoms with E-state index in [1.54, 1.807) is 0 Å². The molecule has 0 amide bonds. The van der Waals surface area contributed by atoms with Gasteiger partial charge in [0, 0.05) is 17.6 Å². The Kier molecular flexibility index (Phi) is 5.33. The minimum Gasteiger partial charge on any atom is -0.378 e. The number of allylic oxidation sites excluding steroid dienone is 4. The van der Waals surface area contributed by atoms with Crippen LogP contribution in [0.5, 0.6) is 0 Å². The van der Waals surface area contributed by atoms with E-state index in [1.807, 2.05) is 0 Å². The maximum atomic E-state index is 3.80. The standard InChI is InChI=1S/C26H33N/c1-15-13-16(2)26(17(3)14-15)27-22(8)23-11-9-10-12-24(23)25-20(6)18(4)19(5)21(25)7/h9-14,20,22,27H,1-8H3. The van der Waals surface area contributed by atoms with Gasteiger partial charge in [-0.05, 0) is 87.4 Å². The van der Waals surface area contributed by atoms with Crippen LogP contribution in [-0.4, -0.2) is 0 Å². The summed E-state index contributed by atoms with van der Waals surface area (Å²) < 4.78 is 0. The summed E-state index contributed by atoms with van der Waals surface area (Å²) in [5.41, 5.74) is 13.9. The first-order valence-corrected chi connectivity index (χ1v) is 10.0. The molecule has 142 valence electrons. The van der Waals surface area contributed by atoms with Crippen molar-refractivity contribution in [2.75, 3.05) is 5.32 Å². The Hall–Kier alpha value is -2.28. The van der Waals surface area contributed by atoms with Crippen molar-refractivity contribution in [2.45, 2.75) is 61.4 Å². The zero-order chi connectivity index (χ0) is 19.9. The molecule has 1 aliphatic carbocycles. The second-order valence-electron chi connectivity index (χ2n) is 8.30. The molecular formula is C26H33N. The second-order valence-corrected chi connectivity index (χ2v) is 8.30. The Morgan fingerprint density at radius 2 is 1.44 bits per heavy atom. The zero-order valence-corrected chi connectivity index (χ0v) is 18.1. The summed E-state index contributed by atoms with van der Waals surface area (Å²) in [4.78, 5) is 0. The van der Waals surface area contributed by atoms with E-state index in [0.29, 0.717) is 5.92 Å². The van der Waals surface area contributed by atoms with Crippen LogP contribution in [0.15, 0.2) is 53.1 Å². The predicted octanol–water partition coefficient (Wildman–Crippen LogP) is 7.54. The van der Waals surface area contributed by atoms with Crippen molar-refractivity contribution in [3.05, 3.63) is 80.9 Å². The lowest BCUT2D eigenvalue weighted by atomic mass is 9.87. The normalized spacial score (nSPS) is 18.3. The van der Waals surface area contributed by atoms with Crippen LogP contribution in [0.3, 0.4) is 0 Å². The van der Waals surface area contributed by atoms with E-state index < -0.39 is 0 Å². The third-order valence-corrected chi connectivity index (χ3v) is 6.40. The van der Waals surface area contributed by atoms with Gasteiger partial charge in [0.05, 0.1) is 0 Å². The van der Waals surface area contributed by atoms with Crippen LogP contribution in [-0.2, 0) is 0 Å². The highest BCUT2D eigenvalue weighted by atomic mass is 14.9. The molecule has 27 heavy (non-hydrogen) atoms. The van der Waals surface area contributed by atoms with Crippen molar-refractivity contribution in [3.8, 4) is 0 Å². The highest BCUT2D eigenvalue weighted by molar-refractivity contribution is 5.81. The van der Waals surface area contributed by atoms with E-state index >= 15 is 0 Å². The monoisotopic (exact) mass is 359 g/mol. The van der Waals surface area contributed by atoms with Crippen LogP contribution < -0.4 is 5.32 Å². The minimum absolute atomic E-state index is 0.245. The lowest BCUT2D eigenvalue weighted by Crippen LogP contribution is -2.12. The zero-order valence-electron chi connectivity index (χ0n) is 18.1. The van der Waals surface area contributed by atoms with E-state index in [1.165, 1.54) is 55.8 Å². The van der Waals surface area contributed by atoms with Crippen LogP contribution >= 0.6 is 0 Å². The largest absolute Gasteiger partial charge is 0.378 e. The molecule has 1 heteroatoms. The van der Waals surface area contributed by atoms with Crippen molar-refractivity contribution >= 4 is 11.3 Å². The van der Waals surface area contributed by atoms with Gasteiger partial charge in [-0.25, -0.2) is 0 Å². The van der Waals surface area contributed by atoms with Gasteiger partial charge in [-0.15, -0.1) is 0 Å². The average molecular weight is 360 g/mol. The summed E-state index contributed by atoms with van der Waals surface area (Å²) in [5.74, 6) is 0.487. The summed E-state index contributed by atoms with van der Waals surface area (Å²) in [5, 5.41) is 3.80. The van der Waals surface area contributed by atoms with Gasteiger partial charge >= 0.3 is 0 Å². The highest BCUT2D eigenvalue weighted by Crippen LogP contribution is 2.44. The molecule has 0 saturated carbocycles. The highest BCUT2D eigenvalue weighted by Gasteiger charge is 2.27. The molecule has 2 unspecified atom stereocenters. The molecule has 2 aromatic carbocycles. The lowest BCUT2D eigenvalue weighted by molar-refractivity contribution is 0.856. The van der Waals surface area contributed by atoms with Crippen LogP contribution in [0, 0.1) is 26.7 Å². The number of aryl methyl sites for hydroxylation is 3. The quantitative estimate of drug-likeness (QED) is 0.594. The maximum Gasteiger partial charge on any atom is 0.0491 e. The van der Waals surface area contributed by atoms with E-state index in [-0.39, 0.29) is 6.04 Å². The SMILES string of the molecule is CC1=C(C)C(C)C(c2ccccc2C(C)Nc2c(C)cc(C)cc2C)=C1C. The lowest BCUT2D eigenvalue weighted by Gasteiger charge is -2.24. The molecule has 0 radical (unpaired) electrons. The Bertz CT molecular complexity index is 919. The number of nitrogens with one attached hydrogen (secondary N) is 1. The molecule has 3 rings (SSSR count). The summed E-state index contributed by atoms with van der Waals surface area (Å²) in [6.07, 6.45) is 0. The first-order valence-electron chi connectivity index (χ1n) is 10.0. The molecule has 0 saturated heterocycles. The third-order valence-electron chi connectivity index (χ3n) is 6.40. The van der Waals surface area contributed by atoms with E-state index in [0.717, 1.165) is 0 Å². The first-order chi connectivity index (χ1) is 12.7. The van der Waals surface area contributed by atoms with Gasteiger partial charge < -0.3 is 5.32 Å². The number of rotatable bonds is 4. The first kappa shape index (κ1) is 19.5. The summed E-state index contributed by atoms with van der Waals surface area (Å²) >= 11 is 0. The summed E-state index contributed by atoms with van der Waals surface area (Å²) in [6, 6.07) is 13.7. The molecule has 0 spiro atoms. The molecule has 1 nitrogen and oxygen atoms in total. The van der Waals surface area contributed by atoms with Gasteiger partial charge in [0.2, 0.25) is 0 Å². The van der Waals surface area contributed by atoms with Crippen molar-refractivity contribution < 1.29 is 0 Å². The van der Waals surface area contributed by atoms with Crippen molar-refractivity contribution in [2.24, 2.45) is 5.92 Å². The van der Waals surface area contributed by atoms with Crippen molar-refractivity contribution in [3.63, 3.8) is 0 Å². The predicted molar refractivity (Wildman–Crippen MR) is 119 cm³/mol. The molecule has 0 bridgehead atoms. The topological polar surface area (TPSA) is 12.0 Å². The Morgan fingerprint density at radius 3 is 2.00 bits per heavy atom. The van der Waals surface area contributed by atoms with Crippen LogP contribution in [0.25, 0.3) is 5.57 Å². The van der Waals surface area contributed by atoms with E-state index in [4.69, 9.17) is 0 Å². The Labute approximate surface area is 165 Å². The van der Waals surface area contributed by atoms with Crippen molar-refractivity contribution in [1.82, 2.24) is 0 Å². The molecule has 0 fully saturated rings. The molecule has 0 heterocycles. The van der Waals surface area contributed by atoms with Gasteiger partial charge in [0.1, 0.15) is 0 Å². The minimum atomic E-state index is 0.245. The van der Waals surface area contributed by atoms with Crippen LogP contribution in [0.1, 0.15) is 68.5 Å². The average Bonchev–Trinajstić information content (AvgIpc) is 2.81. The number of hydrogen-bond acceptors (Lipinski definition) is 1. The van der Waals surface area contributed by atoms with Crippen LogP contribution in [0.2, 0.25) is 0 Å². The third kappa shape index (κ3) is 3.48. The number of hydrogen-bond donors (Lipinski definition) is 1. The fourth-order valence-electron chi connectivity index (χ4n) is 4.62. The van der Waals surface area contributed by atoms with Gasteiger partial charge in [-0.1, -0.05) is 54.5 Å². The Morgan fingerprint density at radius 1 is 0.852 bits per heavy atom. The smallest absolute Gasteiger partial charge is 0.0491 e. The van der Waals surface area contributed by atoms with E-state index in [2.05, 4.69) is 97.1 Å². The van der Waals surface area contributed by atoms with Gasteiger partial charge in [0.25, 0.3) is 0 Å². The maximum absolute atomic E-state index is 3.80. The van der Waals surface area contributed by atoms with Gasteiger partial charge in [-0.3, -0.25) is 0 Å². The molecular weight excluding hydrogens is 326 g/mol. The number of benzene rings is 2. The van der Waals surface area contributed by atoms with Gasteiger partial charge in [-0.2, -0.15) is 0 Å². The van der Waals surface area contributed by atoms with E-state index in [9.17, 15) is 0 Å². The fourth-order valence-corrected chi connectivity index (χ4v) is 4.62. The van der Waals surface area contributed by atoms with Gasteiger partial charge in [0.15, 0.2) is 0 Å².